The topological polar surface area (TPSA) is 86.1 Å². The molecule has 4 atom stereocenters. The lowest BCUT2D eigenvalue weighted by Crippen LogP contribution is -2.63. The van der Waals surface area contributed by atoms with Gasteiger partial charge in [0.25, 0.3) is 0 Å². The van der Waals surface area contributed by atoms with E-state index in [9.17, 15) is 19.8 Å². The molecule has 0 unspecified atom stereocenters. The van der Waals surface area contributed by atoms with Gasteiger partial charge in [0.15, 0.2) is 0 Å². The summed E-state index contributed by atoms with van der Waals surface area (Å²) in [6.07, 6.45) is 3.14. The Hall–Kier alpha value is -1.84. The number of nitrogens with zero attached hydrogens (tertiary/aromatic N) is 3. The summed E-state index contributed by atoms with van der Waals surface area (Å²) in [5.41, 5.74) is 0.747. The predicted octanol–water partition coefficient (Wildman–Crippen LogP) is 1.98. The normalized spacial score (nSPS) is 25.6. The average Bonchev–Trinajstić information content (AvgIpc) is 3.17. The van der Waals surface area contributed by atoms with E-state index in [1.165, 1.54) is 4.90 Å². The van der Waals surface area contributed by atoms with E-state index < -0.39 is 18.0 Å². The molecule has 9 heteroatoms. The van der Waals surface area contributed by atoms with Crippen molar-refractivity contribution < 1.29 is 24.4 Å². The lowest BCUT2D eigenvalue weighted by Gasteiger charge is -2.46. The van der Waals surface area contributed by atoms with Crippen LogP contribution >= 0.6 is 23.1 Å². The number of thioether (sulfide) groups is 1. The largest absolute Gasteiger partial charge is 0.477 e. The van der Waals surface area contributed by atoms with E-state index in [1.54, 1.807) is 30.0 Å². The van der Waals surface area contributed by atoms with Crippen LogP contribution in [0.2, 0.25) is 0 Å². The number of amides is 1. The van der Waals surface area contributed by atoms with Gasteiger partial charge in [-0.25, -0.2) is 9.36 Å². The molecule has 4 heterocycles. The molecule has 2 N–H and O–H groups in total. The van der Waals surface area contributed by atoms with Crippen molar-refractivity contribution in [2.75, 3.05) is 0 Å². The quantitative estimate of drug-likeness (QED) is 0.437. The van der Waals surface area contributed by atoms with Crippen molar-refractivity contribution in [2.24, 2.45) is 18.9 Å². The molecule has 0 bridgehead atoms. The third kappa shape index (κ3) is 2.63. The summed E-state index contributed by atoms with van der Waals surface area (Å²) in [5.74, 6) is -2.09. The van der Waals surface area contributed by atoms with Crippen molar-refractivity contribution in [3.63, 3.8) is 0 Å². The zero-order valence-corrected chi connectivity index (χ0v) is 18.0. The minimum atomic E-state index is -1.10. The molecule has 2 aliphatic heterocycles. The number of carbonyl (C=O) groups excluding carboxylic acids is 1. The van der Waals surface area contributed by atoms with Crippen molar-refractivity contribution in [2.45, 2.75) is 50.1 Å². The number of thiazole rings is 1. The van der Waals surface area contributed by atoms with E-state index in [1.807, 2.05) is 30.9 Å². The number of carboxylic acids is 1. The average molecular weight is 423 g/mol. The second kappa shape index (κ2) is 6.60. The monoisotopic (exact) mass is 422 g/mol. The van der Waals surface area contributed by atoms with Gasteiger partial charge in [-0.15, -0.1) is 0 Å². The Bertz CT molecular complexity index is 1020. The molecule has 150 valence electrons. The molecule has 2 aliphatic rings. The minimum absolute atomic E-state index is 0.0614. The Morgan fingerprint density at radius 3 is 2.61 bits per heavy atom. The lowest BCUT2D eigenvalue weighted by molar-refractivity contribution is -0.705. The number of aryl methyl sites for hydroxylation is 1. The summed E-state index contributed by atoms with van der Waals surface area (Å²) in [4.78, 5) is 27.9. The summed E-state index contributed by atoms with van der Waals surface area (Å²) in [5, 5.41) is 21.4. The Labute approximate surface area is 171 Å². The first-order chi connectivity index (χ1) is 13.1. The number of aliphatic hydroxyl groups excluding tert-OH is 1. The molecule has 0 radical (unpaired) electrons. The molecule has 7 nitrogen and oxygen atoms in total. The summed E-state index contributed by atoms with van der Waals surface area (Å²) in [6, 6.07) is -0.296. The molecule has 0 aliphatic carbocycles. The molecule has 2 aromatic rings. The van der Waals surface area contributed by atoms with Crippen molar-refractivity contribution >= 4 is 45.4 Å². The lowest BCUT2D eigenvalue weighted by atomic mass is 9.77. The summed E-state index contributed by atoms with van der Waals surface area (Å²) < 4.78 is 4.10. The number of aliphatic carboxylic acids is 1. The van der Waals surface area contributed by atoms with Crippen molar-refractivity contribution in [1.29, 1.82) is 0 Å². The smallest absolute Gasteiger partial charge is 0.352 e. The number of carboxylic acid groups (broad SMARTS) is 1. The summed E-state index contributed by atoms with van der Waals surface area (Å²) in [7, 11) is 2.00. The van der Waals surface area contributed by atoms with Crippen LogP contribution < -0.4 is 4.57 Å². The van der Waals surface area contributed by atoms with E-state index in [2.05, 4.69) is 18.4 Å². The van der Waals surface area contributed by atoms with Crippen LogP contribution in [0.3, 0.4) is 0 Å². The zero-order valence-electron chi connectivity index (χ0n) is 16.4. The number of β-lactam (4-membered cyclic amide) rings is 1. The number of imidazole rings is 1. The van der Waals surface area contributed by atoms with Crippen LogP contribution in [-0.4, -0.2) is 48.8 Å². The number of aliphatic hydroxyl groups is 1. The number of carbonyl (C=O) groups is 2. The van der Waals surface area contributed by atoms with Gasteiger partial charge in [-0.3, -0.25) is 4.79 Å². The summed E-state index contributed by atoms with van der Waals surface area (Å²) in [6.45, 7) is 7.82. The van der Waals surface area contributed by atoms with Gasteiger partial charge in [0, 0.05) is 16.7 Å². The number of hydrogen-bond acceptors (Lipinski definition) is 5. The Morgan fingerprint density at radius 2 is 2.04 bits per heavy atom. The number of hydrogen-bond donors (Lipinski definition) is 2. The molecule has 4 rings (SSSR count). The van der Waals surface area contributed by atoms with E-state index in [0.717, 1.165) is 14.7 Å². The third-order valence-electron chi connectivity index (χ3n) is 5.49. The van der Waals surface area contributed by atoms with E-state index in [0.29, 0.717) is 10.8 Å². The van der Waals surface area contributed by atoms with Crippen LogP contribution in [0.4, 0.5) is 0 Å². The van der Waals surface area contributed by atoms with Crippen LogP contribution in [0, 0.1) is 11.8 Å². The first kappa shape index (κ1) is 19.5. The maximum Gasteiger partial charge on any atom is 0.352 e. The molecule has 0 spiro atoms. The molecule has 1 fully saturated rings. The highest BCUT2D eigenvalue weighted by Crippen LogP contribution is 2.51. The van der Waals surface area contributed by atoms with Crippen LogP contribution in [0.5, 0.6) is 0 Å². The van der Waals surface area contributed by atoms with E-state index >= 15 is 0 Å². The van der Waals surface area contributed by atoms with E-state index in [-0.39, 0.29) is 23.6 Å². The molecule has 1 amide bonds. The molecule has 28 heavy (non-hydrogen) atoms. The molecule has 1 saturated heterocycles. The van der Waals surface area contributed by atoms with Gasteiger partial charge >= 0.3 is 5.97 Å². The van der Waals surface area contributed by atoms with Crippen LogP contribution in [0.15, 0.2) is 23.2 Å². The standard InChI is InChI=1S/C19H23N3O4S2/c1-8(2)27-17-18-21(7-20(17)5)6-11(28-18)12-9(3)14-13(10(4)23)16(24)22(14)15(12)19(25)26/h6-10,13-14,23H,1-5H3/p+1/t9-,10+,13+,14+/m0/s1. The number of rotatable bonds is 5. The molecule has 2 aromatic heterocycles. The van der Waals surface area contributed by atoms with Gasteiger partial charge in [-0.2, -0.15) is 4.40 Å². The van der Waals surface area contributed by atoms with Crippen molar-refractivity contribution in [1.82, 2.24) is 9.30 Å². The van der Waals surface area contributed by atoms with Crippen molar-refractivity contribution in [3.8, 4) is 0 Å². The SMILES string of the molecule is CC(C)Sc1c2sc(C3=C(C(=O)O)N4C(=O)[C@H]([C@@H](C)O)[C@H]4[C@H]3C)cn2c[n+]1C. The van der Waals surface area contributed by atoms with Gasteiger partial charge in [-0.05, 0) is 6.92 Å². The second-order valence-corrected chi connectivity index (χ2v) is 10.4. The zero-order chi connectivity index (χ0) is 20.5. The second-order valence-electron chi connectivity index (χ2n) is 7.83. The van der Waals surface area contributed by atoms with E-state index in [4.69, 9.17) is 0 Å². The maximum absolute atomic E-state index is 12.5. The Morgan fingerprint density at radius 1 is 1.36 bits per heavy atom. The summed E-state index contributed by atoms with van der Waals surface area (Å²) >= 11 is 3.32. The highest BCUT2D eigenvalue weighted by molar-refractivity contribution is 8.00. The Balaban J connectivity index is 1.83. The highest BCUT2D eigenvalue weighted by atomic mass is 32.2. The first-order valence-corrected chi connectivity index (χ1v) is 11.0. The molecule has 0 aromatic carbocycles. The fourth-order valence-corrected chi connectivity index (χ4v) is 6.71. The Kier molecular flexibility index (Phi) is 4.59. The van der Waals surface area contributed by atoms with Gasteiger partial charge in [0.1, 0.15) is 11.9 Å². The van der Waals surface area contributed by atoms with Crippen LogP contribution in [0.25, 0.3) is 10.4 Å². The first-order valence-electron chi connectivity index (χ1n) is 9.29. The maximum atomic E-state index is 12.5. The van der Waals surface area contributed by atoms with Gasteiger partial charge in [0.2, 0.25) is 22.1 Å². The molecular formula is C19H24N3O4S2+. The minimum Gasteiger partial charge on any atom is -0.477 e. The fraction of sp³-hybridized carbons (Fsp3) is 0.526. The van der Waals surface area contributed by atoms with Gasteiger partial charge in [-0.1, -0.05) is 43.9 Å². The predicted molar refractivity (Wildman–Crippen MR) is 107 cm³/mol. The number of fused-ring (bicyclic) bond motifs is 2. The highest BCUT2D eigenvalue weighted by Gasteiger charge is 2.60. The van der Waals surface area contributed by atoms with Gasteiger partial charge in [0.05, 0.1) is 30.0 Å². The third-order valence-corrected chi connectivity index (χ3v) is 7.93. The fourth-order valence-electron chi connectivity index (χ4n) is 4.37. The van der Waals surface area contributed by atoms with Gasteiger partial charge < -0.3 is 15.1 Å². The van der Waals surface area contributed by atoms with Crippen LogP contribution in [-0.2, 0) is 16.6 Å². The number of aromatic nitrogens is 2. The molecule has 0 saturated carbocycles. The van der Waals surface area contributed by atoms with Crippen LogP contribution in [0.1, 0.15) is 32.6 Å². The van der Waals surface area contributed by atoms with Crippen molar-refractivity contribution in [3.05, 3.63) is 23.1 Å². The molecular weight excluding hydrogens is 398 g/mol.